The molecule has 2 N–H and O–H groups in total. The quantitative estimate of drug-likeness (QED) is 0.785. The number of hydrogen-bond acceptors (Lipinski definition) is 4. The number of H-pyrrole nitrogens is 1. The topological polar surface area (TPSA) is 62.7 Å². The molecule has 2 heterocycles. The van der Waals surface area contributed by atoms with Gasteiger partial charge in [-0.15, -0.1) is 11.3 Å². The van der Waals surface area contributed by atoms with Gasteiger partial charge in [0.1, 0.15) is 6.04 Å². The number of amides is 1. The largest absolute Gasteiger partial charge is 0.349 e. The van der Waals surface area contributed by atoms with Crippen LogP contribution in [-0.4, -0.2) is 26.2 Å². The van der Waals surface area contributed by atoms with Gasteiger partial charge < -0.3 is 5.32 Å². The highest BCUT2D eigenvalue weighted by atomic mass is 32.1. The molecule has 1 atom stereocenters. The van der Waals surface area contributed by atoms with E-state index in [4.69, 9.17) is 12.2 Å². The highest BCUT2D eigenvalue weighted by molar-refractivity contribution is 7.71. The first-order valence-corrected chi connectivity index (χ1v) is 8.67. The van der Waals surface area contributed by atoms with Crippen LogP contribution in [0.15, 0.2) is 17.5 Å². The monoisotopic (exact) mass is 338 g/mol. The van der Waals surface area contributed by atoms with Gasteiger partial charge in [0.2, 0.25) is 5.91 Å². The highest BCUT2D eigenvalue weighted by Crippen LogP contribution is 2.26. The summed E-state index contributed by atoms with van der Waals surface area (Å²) in [5.41, 5.74) is -0.227. The Bertz CT molecular complexity index is 685. The summed E-state index contributed by atoms with van der Waals surface area (Å²) < 4.78 is 2.23. The minimum absolute atomic E-state index is 0.0474. The van der Waals surface area contributed by atoms with Gasteiger partial charge in [-0.1, -0.05) is 19.4 Å². The summed E-state index contributed by atoms with van der Waals surface area (Å²) in [6, 6.07) is 3.51. The van der Waals surface area contributed by atoms with Crippen molar-refractivity contribution in [3.05, 3.63) is 22.3 Å². The van der Waals surface area contributed by atoms with E-state index in [0.717, 1.165) is 17.7 Å². The molecule has 0 aromatic carbocycles. The first kappa shape index (κ1) is 16.9. The number of rotatable bonds is 6. The summed E-state index contributed by atoms with van der Waals surface area (Å²) in [5.74, 6) is 0.657. The third kappa shape index (κ3) is 3.64. The molecular formula is C15H22N4OS2. The second-order valence-electron chi connectivity index (χ2n) is 6.00. The Labute approximate surface area is 139 Å². The van der Waals surface area contributed by atoms with Crippen molar-refractivity contribution < 1.29 is 4.79 Å². The normalized spacial score (nSPS) is 13.1. The van der Waals surface area contributed by atoms with Gasteiger partial charge in [-0.3, -0.25) is 14.5 Å². The molecule has 0 aliphatic carbocycles. The van der Waals surface area contributed by atoms with Crippen LogP contribution in [0.2, 0.25) is 0 Å². The average molecular weight is 339 g/mol. The van der Waals surface area contributed by atoms with E-state index in [1.165, 1.54) is 0 Å². The van der Waals surface area contributed by atoms with Crippen LogP contribution in [0.1, 0.15) is 46.6 Å². The smallest absolute Gasteiger partial charge is 0.243 e. The standard InChI is InChI=1S/C15H22N4OS2/c1-5-8-15(3,4)16-13(20)10(2)19-12(17-18-14(19)21)11-7-6-9-22-11/h6-7,9-10H,5,8H2,1-4H3,(H,16,20)(H,18,21)/t10-/m1/s1. The molecule has 0 saturated carbocycles. The van der Waals surface area contributed by atoms with Crippen LogP contribution in [0.5, 0.6) is 0 Å². The first-order chi connectivity index (χ1) is 10.4. The molecule has 0 bridgehead atoms. The Hall–Kier alpha value is -1.47. The van der Waals surface area contributed by atoms with Gasteiger partial charge in [-0.25, -0.2) is 0 Å². The maximum Gasteiger partial charge on any atom is 0.243 e. The van der Waals surface area contributed by atoms with Crippen LogP contribution >= 0.6 is 23.6 Å². The van der Waals surface area contributed by atoms with Crippen LogP contribution < -0.4 is 5.32 Å². The summed E-state index contributed by atoms with van der Waals surface area (Å²) >= 11 is 6.88. The fourth-order valence-corrected chi connectivity index (χ4v) is 3.49. The molecule has 2 aromatic heterocycles. The van der Waals surface area contributed by atoms with E-state index in [2.05, 4.69) is 22.4 Å². The summed E-state index contributed by atoms with van der Waals surface area (Å²) in [6.07, 6.45) is 1.95. The Balaban J connectivity index is 2.27. The zero-order valence-electron chi connectivity index (χ0n) is 13.3. The summed E-state index contributed by atoms with van der Waals surface area (Å²) in [7, 11) is 0. The molecular weight excluding hydrogens is 316 g/mol. The minimum Gasteiger partial charge on any atom is -0.349 e. The number of carbonyl (C=O) groups excluding carboxylic acids is 1. The zero-order valence-corrected chi connectivity index (χ0v) is 15.0. The van der Waals surface area contributed by atoms with Crippen LogP contribution in [0.3, 0.4) is 0 Å². The average Bonchev–Trinajstić information content (AvgIpc) is 3.06. The molecule has 120 valence electrons. The van der Waals surface area contributed by atoms with Gasteiger partial charge >= 0.3 is 0 Å². The maximum absolute atomic E-state index is 12.6. The second kappa shape index (κ2) is 6.75. The van der Waals surface area contributed by atoms with Crippen molar-refractivity contribution in [1.29, 1.82) is 0 Å². The van der Waals surface area contributed by atoms with E-state index in [9.17, 15) is 4.79 Å². The number of nitrogens with zero attached hydrogens (tertiary/aromatic N) is 2. The molecule has 2 aromatic rings. The van der Waals surface area contributed by atoms with Crippen molar-refractivity contribution in [2.24, 2.45) is 0 Å². The molecule has 0 radical (unpaired) electrons. The molecule has 0 aliphatic heterocycles. The Morgan fingerprint density at radius 3 is 2.91 bits per heavy atom. The Kier molecular flexibility index (Phi) is 5.18. The Morgan fingerprint density at radius 2 is 2.32 bits per heavy atom. The van der Waals surface area contributed by atoms with Crippen LogP contribution in [0, 0.1) is 4.77 Å². The molecule has 0 aliphatic rings. The van der Waals surface area contributed by atoms with Gasteiger partial charge in [-0.2, -0.15) is 5.10 Å². The van der Waals surface area contributed by atoms with Gasteiger partial charge in [0.25, 0.3) is 0 Å². The molecule has 0 spiro atoms. The first-order valence-electron chi connectivity index (χ1n) is 7.38. The van der Waals surface area contributed by atoms with E-state index < -0.39 is 6.04 Å². The number of nitrogens with one attached hydrogen (secondary N) is 2. The number of thiophene rings is 1. The van der Waals surface area contributed by atoms with Crippen molar-refractivity contribution in [2.75, 3.05) is 0 Å². The fraction of sp³-hybridized carbons (Fsp3) is 0.533. The van der Waals surface area contributed by atoms with E-state index in [1.54, 1.807) is 15.9 Å². The van der Waals surface area contributed by atoms with Crippen LogP contribution in [0.25, 0.3) is 10.7 Å². The SMILES string of the molecule is CCCC(C)(C)NC(=O)[C@@H](C)n1c(-c2cccs2)n[nH]c1=S. The van der Waals surface area contributed by atoms with Crippen LogP contribution in [-0.2, 0) is 4.79 Å². The second-order valence-corrected chi connectivity index (χ2v) is 7.33. The molecule has 0 fully saturated rings. The third-order valence-corrected chi connectivity index (χ3v) is 4.70. The predicted molar refractivity (Wildman–Crippen MR) is 92.6 cm³/mol. The van der Waals surface area contributed by atoms with E-state index >= 15 is 0 Å². The molecule has 5 nitrogen and oxygen atoms in total. The van der Waals surface area contributed by atoms with Crippen molar-refractivity contribution in [3.63, 3.8) is 0 Å². The summed E-state index contributed by atoms with van der Waals surface area (Å²) in [4.78, 5) is 13.6. The number of aromatic nitrogens is 3. The number of aromatic amines is 1. The summed E-state index contributed by atoms with van der Waals surface area (Å²) in [6.45, 7) is 8.03. The van der Waals surface area contributed by atoms with Crippen molar-refractivity contribution in [1.82, 2.24) is 20.1 Å². The Morgan fingerprint density at radius 1 is 1.59 bits per heavy atom. The van der Waals surface area contributed by atoms with E-state index in [1.807, 2.05) is 38.3 Å². The molecule has 0 saturated heterocycles. The maximum atomic E-state index is 12.6. The fourth-order valence-electron chi connectivity index (χ4n) is 2.49. The number of hydrogen-bond donors (Lipinski definition) is 2. The van der Waals surface area contributed by atoms with Crippen molar-refractivity contribution >= 4 is 29.5 Å². The van der Waals surface area contributed by atoms with Crippen molar-refractivity contribution in [2.45, 2.75) is 52.1 Å². The molecule has 7 heteroatoms. The molecule has 0 unspecified atom stereocenters. The molecule has 1 amide bonds. The van der Waals surface area contributed by atoms with E-state index in [-0.39, 0.29) is 11.4 Å². The summed E-state index contributed by atoms with van der Waals surface area (Å²) in [5, 5.41) is 12.1. The lowest BCUT2D eigenvalue weighted by molar-refractivity contribution is -0.125. The van der Waals surface area contributed by atoms with Crippen LogP contribution in [0.4, 0.5) is 0 Å². The highest BCUT2D eigenvalue weighted by Gasteiger charge is 2.26. The van der Waals surface area contributed by atoms with Gasteiger partial charge in [0.05, 0.1) is 4.88 Å². The third-order valence-electron chi connectivity index (χ3n) is 3.55. The lowest BCUT2D eigenvalue weighted by Crippen LogP contribution is -2.46. The van der Waals surface area contributed by atoms with Gasteiger partial charge in [0.15, 0.2) is 10.6 Å². The van der Waals surface area contributed by atoms with Gasteiger partial charge in [-0.05, 0) is 50.9 Å². The minimum atomic E-state index is -0.417. The van der Waals surface area contributed by atoms with Crippen molar-refractivity contribution in [3.8, 4) is 10.7 Å². The zero-order chi connectivity index (χ0) is 16.3. The predicted octanol–water partition coefficient (Wildman–Crippen LogP) is 3.93. The lowest BCUT2D eigenvalue weighted by atomic mass is 9.98. The lowest BCUT2D eigenvalue weighted by Gasteiger charge is -2.28. The van der Waals surface area contributed by atoms with Gasteiger partial charge in [0, 0.05) is 5.54 Å². The molecule has 2 rings (SSSR count). The molecule has 22 heavy (non-hydrogen) atoms. The van der Waals surface area contributed by atoms with E-state index in [0.29, 0.717) is 10.6 Å². The number of carbonyl (C=O) groups is 1.